The van der Waals surface area contributed by atoms with Crippen LogP contribution in [0.3, 0.4) is 0 Å². The van der Waals surface area contributed by atoms with E-state index in [0.29, 0.717) is 6.61 Å². The summed E-state index contributed by atoms with van der Waals surface area (Å²) in [7, 11) is 0. The van der Waals surface area contributed by atoms with Gasteiger partial charge in [-0.1, -0.05) is 55.2 Å². The first-order valence-corrected chi connectivity index (χ1v) is 11.6. The quantitative estimate of drug-likeness (QED) is 0.563. The summed E-state index contributed by atoms with van der Waals surface area (Å²) in [5.74, 6) is 1.58. The van der Waals surface area contributed by atoms with Crippen LogP contribution in [0.2, 0.25) is 10.0 Å². The van der Waals surface area contributed by atoms with Crippen LogP contribution in [0.15, 0.2) is 42.5 Å². The second kappa shape index (κ2) is 8.43. The number of ether oxygens (including phenoxy) is 1. The van der Waals surface area contributed by atoms with Gasteiger partial charge in [-0.3, -0.25) is 4.79 Å². The largest absolute Gasteiger partial charge is 0.494 e. The summed E-state index contributed by atoms with van der Waals surface area (Å²) >= 11 is 13.0. The van der Waals surface area contributed by atoms with Crippen LogP contribution in [0.5, 0.6) is 5.75 Å². The van der Waals surface area contributed by atoms with Gasteiger partial charge in [0.05, 0.1) is 12.0 Å². The molecular formula is C25H29Cl2NO2. The highest BCUT2D eigenvalue weighted by Crippen LogP contribution is 2.59. The molecule has 3 nitrogen and oxygen atoms in total. The number of carbonyl (C=O) groups is 1. The van der Waals surface area contributed by atoms with Crippen LogP contribution >= 0.6 is 23.2 Å². The molecule has 2 aliphatic rings. The first kappa shape index (κ1) is 21.5. The zero-order valence-electron chi connectivity index (χ0n) is 17.8. The van der Waals surface area contributed by atoms with Crippen LogP contribution in [0.1, 0.15) is 63.0 Å². The number of amides is 1. The fraction of sp³-hybridized carbons (Fsp3) is 0.480. The van der Waals surface area contributed by atoms with Crippen LogP contribution in [-0.2, 0) is 4.79 Å². The summed E-state index contributed by atoms with van der Waals surface area (Å²) in [6.45, 7) is 7.02. The molecule has 0 unspecified atom stereocenters. The van der Waals surface area contributed by atoms with Crippen molar-refractivity contribution in [2.45, 2.75) is 57.9 Å². The topological polar surface area (TPSA) is 38.3 Å². The van der Waals surface area contributed by atoms with E-state index in [4.69, 9.17) is 27.9 Å². The van der Waals surface area contributed by atoms with E-state index in [1.165, 1.54) is 5.56 Å². The third-order valence-corrected chi connectivity index (χ3v) is 7.63. The summed E-state index contributed by atoms with van der Waals surface area (Å²) in [6.07, 6.45) is 2.72. The zero-order chi connectivity index (χ0) is 21.5. The van der Waals surface area contributed by atoms with Crippen LogP contribution < -0.4 is 10.1 Å². The van der Waals surface area contributed by atoms with Gasteiger partial charge >= 0.3 is 0 Å². The van der Waals surface area contributed by atoms with Crippen molar-refractivity contribution >= 4 is 29.1 Å². The molecule has 1 aliphatic carbocycles. The molecule has 5 atom stereocenters. The highest BCUT2D eigenvalue weighted by Gasteiger charge is 2.57. The molecule has 5 heteroatoms. The molecule has 1 saturated carbocycles. The SMILES string of the molecule is CCCOc1ccc([C@@H]2CC[C@@]3(C)C(=O)N[C@H](C)[C@H]3[C@H]2c2ccc(Cl)cc2)c(Cl)c1. The fourth-order valence-electron chi connectivity index (χ4n) is 5.63. The minimum Gasteiger partial charge on any atom is -0.494 e. The smallest absolute Gasteiger partial charge is 0.226 e. The minimum absolute atomic E-state index is 0.108. The fourth-order valence-corrected chi connectivity index (χ4v) is 6.07. The average Bonchev–Trinajstić information content (AvgIpc) is 2.95. The summed E-state index contributed by atoms with van der Waals surface area (Å²) in [5.41, 5.74) is 1.98. The lowest BCUT2D eigenvalue weighted by Gasteiger charge is -2.46. The molecule has 2 aromatic rings. The average molecular weight is 446 g/mol. The predicted molar refractivity (Wildman–Crippen MR) is 123 cm³/mol. The Hall–Kier alpha value is -1.71. The molecule has 0 spiro atoms. The van der Waals surface area contributed by atoms with Crippen molar-refractivity contribution in [1.29, 1.82) is 0 Å². The summed E-state index contributed by atoms with van der Waals surface area (Å²) in [6, 6.07) is 14.3. The van der Waals surface area contributed by atoms with Gasteiger partial charge in [-0.05, 0) is 73.4 Å². The van der Waals surface area contributed by atoms with Gasteiger partial charge in [-0.25, -0.2) is 0 Å². The molecule has 1 saturated heterocycles. The maximum Gasteiger partial charge on any atom is 0.226 e. The number of rotatable bonds is 5. The van der Waals surface area contributed by atoms with Gasteiger partial charge in [0, 0.05) is 22.0 Å². The lowest BCUT2D eigenvalue weighted by atomic mass is 9.56. The molecule has 30 heavy (non-hydrogen) atoms. The molecule has 2 aromatic carbocycles. The third-order valence-electron chi connectivity index (χ3n) is 7.05. The third kappa shape index (κ3) is 3.71. The van der Waals surface area contributed by atoms with Crippen molar-refractivity contribution in [2.75, 3.05) is 6.61 Å². The Kier molecular flexibility index (Phi) is 6.05. The van der Waals surface area contributed by atoms with E-state index in [9.17, 15) is 4.79 Å². The number of benzene rings is 2. The minimum atomic E-state index is -0.364. The maximum absolute atomic E-state index is 12.9. The van der Waals surface area contributed by atoms with E-state index in [0.717, 1.165) is 40.6 Å². The number of halogens is 2. The van der Waals surface area contributed by atoms with Crippen molar-refractivity contribution < 1.29 is 9.53 Å². The van der Waals surface area contributed by atoms with E-state index >= 15 is 0 Å². The molecule has 0 aromatic heterocycles. The molecule has 1 N–H and O–H groups in total. The first-order chi connectivity index (χ1) is 14.3. The molecule has 0 radical (unpaired) electrons. The van der Waals surface area contributed by atoms with E-state index < -0.39 is 0 Å². The number of carbonyl (C=O) groups excluding carboxylic acids is 1. The number of nitrogens with one attached hydrogen (secondary N) is 1. The molecule has 2 fully saturated rings. The molecule has 1 aliphatic heterocycles. The van der Waals surface area contributed by atoms with Gasteiger partial charge in [-0.15, -0.1) is 0 Å². The lowest BCUT2D eigenvalue weighted by Crippen LogP contribution is -2.42. The van der Waals surface area contributed by atoms with Gasteiger partial charge in [0.2, 0.25) is 5.91 Å². The van der Waals surface area contributed by atoms with Crippen molar-refractivity contribution in [3.8, 4) is 5.75 Å². The Morgan fingerprint density at radius 1 is 1.17 bits per heavy atom. The van der Waals surface area contributed by atoms with E-state index in [2.05, 4.69) is 44.3 Å². The first-order valence-electron chi connectivity index (χ1n) is 10.8. The van der Waals surface area contributed by atoms with Gasteiger partial charge < -0.3 is 10.1 Å². The Morgan fingerprint density at radius 3 is 2.57 bits per heavy atom. The standard InChI is InChI=1S/C25H29Cl2NO2/c1-4-13-30-18-9-10-19(21(27)14-18)20-11-12-25(3)23(15(2)28-24(25)29)22(20)16-5-7-17(26)8-6-16/h5-10,14-15,20,22-23H,4,11-13H2,1-3H3,(H,28,29)/t15-,20+,22+,23+,25-/m1/s1. The van der Waals surface area contributed by atoms with Gasteiger partial charge in [0.15, 0.2) is 0 Å². The Bertz CT molecular complexity index is 929. The molecule has 1 amide bonds. The van der Waals surface area contributed by atoms with Crippen molar-refractivity contribution in [1.82, 2.24) is 5.32 Å². The Balaban J connectivity index is 1.77. The van der Waals surface area contributed by atoms with Crippen LogP contribution in [0.4, 0.5) is 0 Å². The van der Waals surface area contributed by atoms with E-state index in [1.54, 1.807) is 0 Å². The normalized spacial score (nSPS) is 30.6. The highest BCUT2D eigenvalue weighted by atomic mass is 35.5. The van der Waals surface area contributed by atoms with Gasteiger partial charge in [0.1, 0.15) is 5.75 Å². The molecule has 4 rings (SSSR count). The number of fused-ring (bicyclic) bond motifs is 1. The summed E-state index contributed by atoms with van der Waals surface area (Å²) < 4.78 is 5.77. The van der Waals surface area contributed by atoms with E-state index in [1.807, 2.05) is 24.3 Å². The molecular weight excluding hydrogens is 417 g/mol. The molecule has 0 bridgehead atoms. The zero-order valence-corrected chi connectivity index (χ0v) is 19.3. The summed E-state index contributed by atoms with van der Waals surface area (Å²) in [4.78, 5) is 12.9. The number of hydrogen-bond acceptors (Lipinski definition) is 2. The molecule has 1 heterocycles. The van der Waals surface area contributed by atoms with Crippen molar-refractivity contribution in [2.24, 2.45) is 11.3 Å². The second-order valence-electron chi connectivity index (χ2n) is 8.96. The van der Waals surface area contributed by atoms with Crippen LogP contribution in [0, 0.1) is 11.3 Å². The number of hydrogen-bond donors (Lipinski definition) is 1. The van der Waals surface area contributed by atoms with E-state index in [-0.39, 0.29) is 35.1 Å². The second-order valence-corrected chi connectivity index (χ2v) is 9.80. The van der Waals surface area contributed by atoms with Gasteiger partial charge in [0.25, 0.3) is 0 Å². The maximum atomic E-state index is 12.9. The van der Waals surface area contributed by atoms with Gasteiger partial charge in [-0.2, -0.15) is 0 Å². The molecule has 160 valence electrons. The van der Waals surface area contributed by atoms with Crippen molar-refractivity contribution in [3.05, 3.63) is 63.6 Å². The predicted octanol–water partition coefficient (Wildman–Crippen LogP) is 6.58. The van der Waals surface area contributed by atoms with Crippen LogP contribution in [-0.4, -0.2) is 18.6 Å². The highest BCUT2D eigenvalue weighted by molar-refractivity contribution is 6.31. The monoisotopic (exact) mass is 445 g/mol. The lowest BCUT2D eigenvalue weighted by molar-refractivity contribution is -0.129. The Labute approximate surface area is 189 Å². The van der Waals surface area contributed by atoms with Crippen LogP contribution in [0.25, 0.3) is 0 Å². The van der Waals surface area contributed by atoms with Crippen molar-refractivity contribution in [3.63, 3.8) is 0 Å². The summed E-state index contributed by atoms with van der Waals surface area (Å²) in [5, 5.41) is 4.67. The Morgan fingerprint density at radius 2 is 1.90 bits per heavy atom.